The monoisotopic (exact) mass is 462 g/mol. The summed E-state index contributed by atoms with van der Waals surface area (Å²) in [5.74, 6) is 2.84. The van der Waals surface area contributed by atoms with Gasteiger partial charge in [0.1, 0.15) is 12.1 Å². The molecule has 1 saturated heterocycles. The zero-order valence-corrected chi connectivity index (χ0v) is 19.9. The van der Waals surface area contributed by atoms with Gasteiger partial charge in [0.15, 0.2) is 23.0 Å². The van der Waals surface area contributed by atoms with Gasteiger partial charge in [-0.15, -0.1) is 10.2 Å². The van der Waals surface area contributed by atoms with Crippen LogP contribution in [0.2, 0.25) is 0 Å². The molecule has 1 aliphatic rings. The van der Waals surface area contributed by atoms with Crippen LogP contribution in [0, 0.1) is 0 Å². The topological polar surface area (TPSA) is 77.3 Å². The molecule has 0 spiro atoms. The van der Waals surface area contributed by atoms with Crippen molar-refractivity contribution in [3.8, 4) is 28.6 Å². The normalized spacial score (nSPS) is 15.1. The van der Waals surface area contributed by atoms with Crippen LogP contribution in [0.5, 0.6) is 17.2 Å². The van der Waals surface area contributed by atoms with Gasteiger partial charge in [-0.3, -0.25) is 4.40 Å². The maximum absolute atomic E-state index is 5.97. The molecule has 5 rings (SSSR count). The summed E-state index contributed by atoms with van der Waals surface area (Å²) in [5.41, 5.74) is 2.42. The van der Waals surface area contributed by atoms with Crippen LogP contribution in [-0.4, -0.2) is 90.0 Å². The van der Waals surface area contributed by atoms with Crippen LogP contribution in [0.1, 0.15) is 6.42 Å². The fraction of sp³-hybridized carbons (Fsp3) is 0.400. The van der Waals surface area contributed by atoms with E-state index >= 15 is 0 Å². The predicted molar refractivity (Wildman–Crippen MR) is 131 cm³/mol. The number of likely N-dealkylation sites (N-methyl/N-ethyl adjacent to an activating group) is 1. The SMILES string of the molecule is COc1cc2ncn3c(-c4ccc(OCCCN5CCN(C)CC5)cc4)nnc3c2cc1OC. The van der Waals surface area contributed by atoms with E-state index in [-0.39, 0.29) is 0 Å². The summed E-state index contributed by atoms with van der Waals surface area (Å²) in [5, 5.41) is 9.70. The van der Waals surface area contributed by atoms with Crippen molar-refractivity contribution in [3.05, 3.63) is 42.7 Å². The molecule has 0 aliphatic carbocycles. The van der Waals surface area contributed by atoms with Crippen LogP contribution in [0.25, 0.3) is 27.9 Å². The highest BCUT2D eigenvalue weighted by molar-refractivity contribution is 5.94. The molecule has 9 nitrogen and oxygen atoms in total. The fourth-order valence-corrected chi connectivity index (χ4v) is 4.31. The van der Waals surface area contributed by atoms with Crippen LogP contribution >= 0.6 is 0 Å². The fourth-order valence-electron chi connectivity index (χ4n) is 4.31. The number of aromatic nitrogens is 4. The second-order valence-electron chi connectivity index (χ2n) is 8.56. The molecular weight excluding hydrogens is 432 g/mol. The molecule has 2 aromatic heterocycles. The van der Waals surface area contributed by atoms with Crippen molar-refractivity contribution < 1.29 is 14.2 Å². The number of nitrogens with zero attached hydrogens (tertiary/aromatic N) is 6. The van der Waals surface area contributed by atoms with E-state index in [0.717, 1.165) is 67.2 Å². The molecule has 178 valence electrons. The number of piperazine rings is 1. The first-order valence-electron chi connectivity index (χ1n) is 11.6. The lowest BCUT2D eigenvalue weighted by Gasteiger charge is -2.32. The van der Waals surface area contributed by atoms with Gasteiger partial charge in [-0.2, -0.15) is 0 Å². The Morgan fingerprint density at radius 2 is 1.65 bits per heavy atom. The van der Waals surface area contributed by atoms with Gasteiger partial charge in [0.25, 0.3) is 0 Å². The number of fused-ring (bicyclic) bond motifs is 3. The molecule has 0 radical (unpaired) electrons. The van der Waals surface area contributed by atoms with E-state index in [1.165, 1.54) is 0 Å². The second kappa shape index (κ2) is 9.82. The first-order chi connectivity index (χ1) is 16.7. The minimum absolute atomic E-state index is 0.628. The van der Waals surface area contributed by atoms with Crippen molar-refractivity contribution in [2.75, 3.05) is 60.6 Å². The summed E-state index contributed by atoms with van der Waals surface area (Å²) in [6.45, 7) is 6.36. The first kappa shape index (κ1) is 22.4. The molecule has 34 heavy (non-hydrogen) atoms. The molecule has 3 heterocycles. The summed E-state index contributed by atoms with van der Waals surface area (Å²) < 4.78 is 18.7. The van der Waals surface area contributed by atoms with Crippen LogP contribution in [0.15, 0.2) is 42.7 Å². The van der Waals surface area contributed by atoms with Gasteiger partial charge < -0.3 is 24.0 Å². The zero-order chi connectivity index (χ0) is 23.5. The molecule has 9 heteroatoms. The van der Waals surface area contributed by atoms with Gasteiger partial charge in [0.2, 0.25) is 0 Å². The molecule has 4 aromatic rings. The number of hydrogen-bond acceptors (Lipinski definition) is 8. The van der Waals surface area contributed by atoms with Crippen LogP contribution in [0.3, 0.4) is 0 Å². The van der Waals surface area contributed by atoms with Crippen LogP contribution in [0.4, 0.5) is 0 Å². The highest BCUT2D eigenvalue weighted by Crippen LogP contribution is 2.33. The Balaban J connectivity index is 1.28. The van der Waals surface area contributed by atoms with Crippen molar-refractivity contribution in [2.45, 2.75) is 6.42 Å². The number of ether oxygens (including phenoxy) is 3. The maximum Gasteiger partial charge on any atom is 0.171 e. The Labute approximate surface area is 198 Å². The summed E-state index contributed by atoms with van der Waals surface area (Å²) in [7, 11) is 5.40. The zero-order valence-electron chi connectivity index (χ0n) is 19.9. The summed E-state index contributed by atoms with van der Waals surface area (Å²) >= 11 is 0. The van der Waals surface area contributed by atoms with E-state index in [2.05, 4.69) is 32.0 Å². The molecule has 1 aliphatic heterocycles. The minimum Gasteiger partial charge on any atom is -0.494 e. The van der Waals surface area contributed by atoms with E-state index in [1.807, 2.05) is 40.8 Å². The molecule has 0 atom stereocenters. The second-order valence-corrected chi connectivity index (χ2v) is 8.56. The first-order valence-corrected chi connectivity index (χ1v) is 11.6. The summed E-state index contributed by atoms with van der Waals surface area (Å²) in [6.07, 6.45) is 2.76. The Morgan fingerprint density at radius 3 is 2.38 bits per heavy atom. The molecule has 0 bridgehead atoms. The van der Waals surface area contributed by atoms with E-state index in [4.69, 9.17) is 14.2 Å². The van der Waals surface area contributed by atoms with Gasteiger partial charge in [-0.1, -0.05) is 0 Å². The molecular formula is C25H30N6O3. The lowest BCUT2D eigenvalue weighted by atomic mass is 10.2. The van der Waals surface area contributed by atoms with Gasteiger partial charge in [-0.05, 0) is 43.8 Å². The van der Waals surface area contributed by atoms with Crippen LogP contribution < -0.4 is 14.2 Å². The van der Waals surface area contributed by atoms with Crippen molar-refractivity contribution in [3.63, 3.8) is 0 Å². The Bertz CT molecular complexity index is 1270. The Hall–Kier alpha value is -3.43. The molecule has 1 fully saturated rings. The van der Waals surface area contributed by atoms with Crippen molar-refractivity contribution >= 4 is 16.6 Å². The average Bonchev–Trinajstić information content (AvgIpc) is 3.32. The average molecular weight is 463 g/mol. The number of rotatable bonds is 8. The van der Waals surface area contributed by atoms with E-state index in [0.29, 0.717) is 23.8 Å². The third kappa shape index (κ3) is 4.49. The number of hydrogen-bond donors (Lipinski definition) is 0. The van der Waals surface area contributed by atoms with Crippen molar-refractivity contribution in [1.82, 2.24) is 29.4 Å². The van der Waals surface area contributed by atoms with E-state index < -0.39 is 0 Å². The largest absolute Gasteiger partial charge is 0.494 e. The van der Waals surface area contributed by atoms with Crippen LogP contribution in [-0.2, 0) is 0 Å². The standard InChI is InChI=1S/C25H30N6O3/c1-29-10-12-30(13-11-29)9-4-14-34-19-7-5-18(6-8-19)24-27-28-25-20-15-22(32-2)23(33-3)16-21(20)26-17-31(24)25/h5-8,15-17H,4,9-14H2,1-3H3. The third-order valence-corrected chi connectivity index (χ3v) is 6.35. The smallest absolute Gasteiger partial charge is 0.171 e. The number of methoxy groups -OCH3 is 2. The summed E-state index contributed by atoms with van der Waals surface area (Å²) in [4.78, 5) is 9.46. The maximum atomic E-state index is 5.97. The summed E-state index contributed by atoms with van der Waals surface area (Å²) in [6, 6.07) is 11.7. The predicted octanol–water partition coefficient (Wildman–Crippen LogP) is 2.98. The molecule has 0 unspecified atom stereocenters. The number of benzene rings is 2. The molecule has 2 aromatic carbocycles. The van der Waals surface area contributed by atoms with Crippen molar-refractivity contribution in [1.29, 1.82) is 0 Å². The third-order valence-electron chi connectivity index (χ3n) is 6.35. The van der Waals surface area contributed by atoms with Gasteiger partial charge >= 0.3 is 0 Å². The molecule has 0 amide bonds. The Kier molecular flexibility index (Phi) is 6.46. The molecule has 0 saturated carbocycles. The van der Waals surface area contributed by atoms with E-state index in [9.17, 15) is 0 Å². The van der Waals surface area contributed by atoms with Gasteiger partial charge in [0, 0.05) is 49.7 Å². The van der Waals surface area contributed by atoms with Gasteiger partial charge in [0.05, 0.1) is 26.3 Å². The lowest BCUT2D eigenvalue weighted by molar-refractivity contribution is 0.145. The quantitative estimate of drug-likeness (QED) is 0.370. The van der Waals surface area contributed by atoms with Crippen molar-refractivity contribution in [2.24, 2.45) is 0 Å². The highest BCUT2D eigenvalue weighted by atomic mass is 16.5. The Morgan fingerprint density at radius 1 is 0.912 bits per heavy atom. The van der Waals surface area contributed by atoms with Gasteiger partial charge in [-0.25, -0.2) is 4.98 Å². The lowest BCUT2D eigenvalue weighted by Crippen LogP contribution is -2.44. The molecule has 0 N–H and O–H groups in total. The minimum atomic E-state index is 0.628. The highest BCUT2D eigenvalue weighted by Gasteiger charge is 2.15. The van der Waals surface area contributed by atoms with E-state index in [1.54, 1.807) is 20.5 Å².